The summed E-state index contributed by atoms with van der Waals surface area (Å²) in [4.78, 5) is 54.7. The Morgan fingerprint density at radius 2 is 1.58 bits per heavy atom. The zero-order valence-electron chi connectivity index (χ0n) is 17.3. The predicted octanol–water partition coefficient (Wildman–Crippen LogP) is 2.45. The largest absolute Gasteiger partial charge is 0.467 e. The van der Waals surface area contributed by atoms with Gasteiger partial charge < -0.3 is 9.64 Å². The first-order chi connectivity index (χ1) is 15.0. The molecule has 0 saturated carbocycles. The van der Waals surface area contributed by atoms with Crippen LogP contribution in [0.1, 0.15) is 45.5 Å². The summed E-state index contributed by atoms with van der Waals surface area (Å²) >= 11 is 0. The highest BCUT2D eigenvalue weighted by molar-refractivity contribution is 6.22. The lowest BCUT2D eigenvalue weighted by Crippen LogP contribution is -2.55. The second-order valence-electron chi connectivity index (χ2n) is 7.80. The molecule has 0 N–H and O–H groups in total. The van der Waals surface area contributed by atoms with E-state index in [1.807, 2.05) is 30.3 Å². The van der Waals surface area contributed by atoms with Crippen LogP contribution in [0.4, 0.5) is 0 Å². The van der Waals surface area contributed by atoms with Crippen molar-refractivity contribution >= 4 is 23.7 Å². The first kappa shape index (κ1) is 20.8. The van der Waals surface area contributed by atoms with Crippen LogP contribution in [0.15, 0.2) is 54.6 Å². The van der Waals surface area contributed by atoms with Gasteiger partial charge in [0.25, 0.3) is 11.8 Å². The van der Waals surface area contributed by atoms with E-state index in [4.69, 9.17) is 4.74 Å². The molecule has 2 heterocycles. The molecule has 7 nitrogen and oxygen atoms in total. The molecule has 0 spiro atoms. The van der Waals surface area contributed by atoms with Crippen LogP contribution < -0.4 is 0 Å². The molecule has 0 aromatic heterocycles. The maximum absolute atomic E-state index is 13.6. The number of hydrogen-bond donors (Lipinski definition) is 0. The molecule has 0 bridgehead atoms. The summed E-state index contributed by atoms with van der Waals surface area (Å²) in [5, 5.41) is 0. The van der Waals surface area contributed by atoms with Crippen LogP contribution in [-0.4, -0.2) is 59.2 Å². The van der Waals surface area contributed by atoms with Crippen molar-refractivity contribution in [1.29, 1.82) is 0 Å². The van der Waals surface area contributed by atoms with Gasteiger partial charge in [-0.1, -0.05) is 42.5 Å². The lowest BCUT2D eigenvalue weighted by atomic mass is 10.0. The Labute approximate surface area is 180 Å². The van der Waals surface area contributed by atoms with Crippen molar-refractivity contribution in [1.82, 2.24) is 9.80 Å². The summed E-state index contributed by atoms with van der Waals surface area (Å²) in [7, 11) is 1.30. The number of imide groups is 1. The summed E-state index contributed by atoms with van der Waals surface area (Å²) in [6.07, 6.45) is 2.02. The summed E-state index contributed by atoms with van der Waals surface area (Å²) in [6, 6.07) is 14.2. The van der Waals surface area contributed by atoms with Gasteiger partial charge in [-0.25, -0.2) is 4.79 Å². The van der Waals surface area contributed by atoms with E-state index in [9.17, 15) is 19.2 Å². The van der Waals surface area contributed by atoms with E-state index >= 15 is 0 Å². The van der Waals surface area contributed by atoms with Crippen LogP contribution in [0.5, 0.6) is 0 Å². The maximum Gasteiger partial charge on any atom is 0.328 e. The van der Waals surface area contributed by atoms with Gasteiger partial charge in [-0.3, -0.25) is 19.3 Å². The zero-order chi connectivity index (χ0) is 22.0. The number of nitrogens with zero attached hydrogens (tertiary/aromatic N) is 2. The summed E-state index contributed by atoms with van der Waals surface area (Å²) in [5.74, 6) is -1.82. The van der Waals surface area contributed by atoms with Crippen LogP contribution in [0.2, 0.25) is 0 Å². The average Bonchev–Trinajstić information content (AvgIpc) is 2.92. The summed E-state index contributed by atoms with van der Waals surface area (Å²) in [6.45, 7) is 0.366. The first-order valence-electron chi connectivity index (χ1n) is 10.4. The number of hydrogen-bond acceptors (Lipinski definition) is 5. The topological polar surface area (TPSA) is 84.0 Å². The van der Waals surface area contributed by atoms with Crippen molar-refractivity contribution in [2.75, 3.05) is 13.7 Å². The number of carbonyl (C=O) groups excluding carboxylic acids is 4. The van der Waals surface area contributed by atoms with E-state index in [2.05, 4.69) is 0 Å². The number of likely N-dealkylation sites (tertiary alicyclic amines) is 1. The van der Waals surface area contributed by atoms with Gasteiger partial charge in [0.15, 0.2) is 0 Å². The van der Waals surface area contributed by atoms with E-state index in [0.717, 1.165) is 10.5 Å². The van der Waals surface area contributed by atoms with Crippen LogP contribution in [0.25, 0.3) is 0 Å². The first-order valence-corrected chi connectivity index (χ1v) is 10.4. The molecular weight excluding hydrogens is 396 g/mol. The van der Waals surface area contributed by atoms with E-state index in [0.29, 0.717) is 43.4 Å². The molecule has 2 aliphatic rings. The maximum atomic E-state index is 13.6. The fourth-order valence-corrected chi connectivity index (χ4v) is 4.38. The summed E-state index contributed by atoms with van der Waals surface area (Å²) < 4.78 is 5.00. The van der Waals surface area contributed by atoms with Gasteiger partial charge >= 0.3 is 5.97 Å². The lowest BCUT2D eigenvalue weighted by molar-refractivity contribution is -0.153. The fraction of sp³-hybridized carbons (Fsp3) is 0.333. The molecular formula is C24H24N2O5. The Morgan fingerprint density at radius 3 is 2.19 bits per heavy atom. The molecule has 0 unspecified atom stereocenters. The van der Waals surface area contributed by atoms with Crippen molar-refractivity contribution in [2.45, 2.75) is 37.8 Å². The molecule has 0 radical (unpaired) electrons. The van der Waals surface area contributed by atoms with Crippen molar-refractivity contribution in [3.8, 4) is 0 Å². The molecule has 7 heteroatoms. The van der Waals surface area contributed by atoms with Crippen LogP contribution in [0, 0.1) is 0 Å². The molecule has 2 aliphatic heterocycles. The molecule has 1 saturated heterocycles. The standard InChI is InChI=1S/C24H24N2O5/c1-31-24(30)20(15-16-9-3-2-4-10-16)25-14-8-7-13-19(23(25)29)26-21(27)17-11-5-6-12-18(17)22(26)28/h2-6,9-12,19-20H,7-8,13-15H2,1H3/t19-,20+/m0/s1. The third-order valence-corrected chi connectivity index (χ3v) is 5.95. The van der Waals surface area contributed by atoms with Gasteiger partial charge in [0.1, 0.15) is 12.1 Å². The molecule has 2 atom stereocenters. The van der Waals surface area contributed by atoms with E-state index < -0.39 is 35.8 Å². The average molecular weight is 420 g/mol. The van der Waals surface area contributed by atoms with E-state index in [1.165, 1.54) is 12.0 Å². The van der Waals surface area contributed by atoms with Crippen molar-refractivity contribution in [3.63, 3.8) is 0 Å². The number of rotatable bonds is 5. The number of fused-ring (bicyclic) bond motifs is 1. The number of esters is 1. The highest BCUT2D eigenvalue weighted by Gasteiger charge is 2.46. The molecule has 1 fully saturated rings. The predicted molar refractivity (Wildman–Crippen MR) is 112 cm³/mol. The van der Waals surface area contributed by atoms with Gasteiger partial charge in [0.2, 0.25) is 5.91 Å². The molecule has 31 heavy (non-hydrogen) atoms. The Morgan fingerprint density at radius 1 is 0.968 bits per heavy atom. The molecule has 3 amide bonds. The minimum atomic E-state index is -0.933. The van der Waals surface area contributed by atoms with Crippen LogP contribution in [0.3, 0.4) is 0 Å². The van der Waals surface area contributed by atoms with E-state index in [-0.39, 0.29) is 0 Å². The van der Waals surface area contributed by atoms with Crippen LogP contribution >= 0.6 is 0 Å². The minimum absolute atomic E-state index is 0.300. The third kappa shape index (κ3) is 3.83. The van der Waals surface area contributed by atoms with Gasteiger partial charge in [0, 0.05) is 13.0 Å². The second-order valence-corrected chi connectivity index (χ2v) is 7.80. The smallest absolute Gasteiger partial charge is 0.328 e. The minimum Gasteiger partial charge on any atom is -0.467 e. The molecule has 4 rings (SSSR count). The van der Waals surface area contributed by atoms with Gasteiger partial charge in [-0.2, -0.15) is 0 Å². The highest BCUT2D eigenvalue weighted by atomic mass is 16.5. The van der Waals surface area contributed by atoms with Gasteiger partial charge in [0.05, 0.1) is 18.2 Å². The number of ether oxygens (including phenoxy) is 1. The fourth-order valence-electron chi connectivity index (χ4n) is 4.38. The Hall–Kier alpha value is -3.48. The molecule has 0 aliphatic carbocycles. The van der Waals surface area contributed by atoms with Crippen molar-refractivity contribution in [2.24, 2.45) is 0 Å². The number of amides is 3. The number of benzene rings is 2. The Balaban J connectivity index is 1.65. The van der Waals surface area contributed by atoms with Crippen LogP contribution in [-0.2, 0) is 20.7 Å². The molecule has 2 aromatic rings. The zero-order valence-corrected chi connectivity index (χ0v) is 17.3. The third-order valence-electron chi connectivity index (χ3n) is 5.95. The molecule has 2 aromatic carbocycles. The lowest BCUT2D eigenvalue weighted by Gasteiger charge is -2.33. The SMILES string of the molecule is COC(=O)[C@@H](Cc1ccccc1)N1CCCC[C@H](N2C(=O)c3ccccc3C2=O)C1=O. The number of carbonyl (C=O) groups is 4. The van der Waals surface area contributed by atoms with Gasteiger partial charge in [-0.15, -0.1) is 0 Å². The monoisotopic (exact) mass is 420 g/mol. The Kier molecular flexibility index (Phi) is 5.84. The Bertz CT molecular complexity index is 985. The normalized spacial score (nSPS) is 19.8. The molecule has 160 valence electrons. The quantitative estimate of drug-likeness (QED) is 0.548. The van der Waals surface area contributed by atoms with Gasteiger partial charge in [-0.05, 0) is 37.0 Å². The number of methoxy groups -OCH3 is 1. The van der Waals surface area contributed by atoms with Crippen molar-refractivity contribution < 1.29 is 23.9 Å². The second kappa shape index (κ2) is 8.71. The summed E-state index contributed by atoms with van der Waals surface area (Å²) in [5.41, 5.74) is 1.52. The van der Waals surface area contributed by atoms with Crippen molar-refractivity contribution in [3.05, 3.63) is 71.3 Å². The van der Waals surface area contributed by atoms with E-state index in [1.54, 1.807) is 24.3 Å². The highest BCUT2D eigenvalue weighted by Crippen LogP contribution is 2.29.